The summed E-state index contributed by atoms with van der Waals surface area (Å²) in [6, 6.07) is 12.4. The fourth-order valence-corrected chi connectivity index (χ4v) is 4.30. The van der Waals surface area contributed by atoms with Gasteiger partial charge in [0.1, 0.15) is 12.4 Å². The van der Waals surface area contributed by atoms with Crippen LogP contribution in [0.4, 0.5) is 0 Å². The van der Waals surface area contributed by atoms with Gasteiger partial charge >= 0.3 is 0 Å². The molecule has 0 atom stereocenters. The van der Waals surface area contributed by atoms with Gasteiger partial charge in [-0.25, -0.2) is 0 Å². The molecule has 29 heavy (non-hydrogen) atoms. The topological polar surface area (TPSA) is 48.9 Å². The SMILES string of the molecule is C=CCOc1ccccc1CNC(=NC)NCC1CCN(Cc2cccs2)CC1. The van der Waals surface area contributed by atoms with Gasteiger partial charge in [-0.2, -0.15) is 0 Å². The Hall–Kier alpha value is -2.31. The lowest BCUT2D eigenvalue weighted by molar-refractivity contribution is 0.179. The summed E-state index contributed by atoms with van der Waals surface area (Å²) < 4.78 is 5.73. The van der Waals surface area contributed by atoms with E-state index in [1.165, 1.54) is 30.8 Å². The number of nitrogens with zero attached hydrogens (tertiary/aromatic N) is 2. The summed E-state index contributed by atoms with van der Waals surface area (Å²) in [7, 11) is 1.82. The first-order chi connectivity index (χ1) is 14.3. The van der Waals surface area contributed by atoms with Gasteiger partial charge in [0, 0.05) is 37.1 Å². The third-order valence-electron chi connectivity index (χ3n) is 5.22. The number of guanidine groups is 1. The molecule has 0 bridgehead atoms. The molecule has 0 spiro atoms. The maximum Gasteiger partial charge on any atom is 0.191 e. The molecule has 1 aromatic heterocycles. The monoisotopic (exact) mass is 412 g/mol. The molecule has 1 aliphatic heterocycles. The average molecular weight is 413 g/mol. The van der Waals surface area contributed by atoms with Gasteiger partial charge in [-0.1, -0.05) is 36.9 Å². The quantitative estimate of drug-likeness (QED) is 0.373. The summed E-state index contributed by atoms with van der Waals surface area (Å²) in [5, 5.41) is 9.06. The van der Waals surface area contributed by atoms with Crippen LogP contribution in [0.3, 0.4) is 0 Å². The lowest BCUT2D eigenvalue weighted by Gasteiger charge is -2.32. The van der Waals surface area contributed by atoms with Gasteiger partial charge in [0.25, 0.3) is 0 Å². The molecular weight excluding hydrogens is 380 g/mol. The molecular formula is C23H32N4OS. The van der Waals surface area contributed by atoms with Crippen molar-refractivity contribution in [1.29, 1.82) is 0 Å². The first-order valence-corrected chi connectivity index (χ1v) is 11.2. The molecule has 6 heteroatoms. The highest BCUT2D eigenvalue weighted by Gasteiger charge is 2.19. The van der Waals surface area contributed by atoms with Crippen molar-refractivity contribution >= 4 is 17.3 Å². The van der Waals surface area contributed by atoms with Crippen LogP contribution in [-0.4, -0.2) is 44.1 Å². The molecule has 1 aliphatic rings. The van der Waals surface area contributed by atoms with Crippen molar-refractivity contribution in [2.75, 3.05) is 33.3 Å². The Morgan fingerprint density at radius 1 is 1.24 bits per heavy atom. The molecule has 0 unspecified atom stereocenters. The van der Waals surface area contributed by atoms with Gasteiger partial charge in [-0.15, -0.1) is 11.3 Å². The second kappa shape index (κ2) is 11.6. The van der Waals surface area contributed by atoms with Crippen LogP contribution in [0, 0.1) is 5.92 Å². The number of benzene rings is 1. The summed E-state index contributed by atoms with van der Waals surface area (Å²) in [5.41, 5.74) is 1.11. The highest BCUT2D eigenvalue weighted by atomic mass is 32.1. The van der Waals surface area contributed by atoms with Gasteiger partial charge in [0.2, 0.25) is 0 Å². The molecule has 2 N–H and O–H groups in total. The van der Waals surface area contributed by atoms with Crippen LogP contribution >= 0.6 is 11.3 Å². The summed E-state index contributed by atoms with van der Waals surface area (Å²) in [4.78, 5) is 8.40. The number of hydrogen-bond donors (Lipinski definition) is 2. The van der Waals surface area contributed by atoms with E-state index in [0.29, 0.717) is 19.1 Å². The predicted octanol–water partition coefficient (Wildman–Crippen LogP) is 3.89. The predicted molar refractivity (Wildman–Crippen MR) is 123 cm³/mol. The minimum absolute atomic E-state index is 0.509. The minimum atomic E-state index is 0.509. The molecule has 0 aliphatic carbocycles. The molecule has 156 valence electrons. The van der Waals surface area contributed by atoms with Crippen molar-refractivity contribution in [2.45, 2.75) is 25.9 Å². The maximum atomic E-state index is 5.73. The lowest BCUT2D eigenvalue weighted by Crippen LogP contribution is -2.42. The van der Waals surface area contributed by atoms with E-state index in [9.17, 15) is 0 Å². The van der Waals surface area contributed by atoms with Gasteiger partial charge in [0.15, 0.2) is 5.96 Å². The first-order valence-electron chi connectivity index (χ1n) is 10.3. The fourth-order valence-electron chi connectivity index (χ4n) is 3.55. The molecule has 5 nitrogen and oxygen atoms in total. The maximum absolute atomic E-state index is 5.73. The number of nitrogens with one attached hydrogen (secondary N) is 2. The molecule has 0 saturated carbocycles. The highest BCUT2D eigenvalue weighted by molar-refractivity contribution is 7.09. The van der Waals surface area contributed by atoms with E-state index in [4.69, 9.17) is 4.74 Å². The van der Waals surface area contributed by atoms with Crippen molar-refractivity contribution in [1.82, 2.24) is 15.5 Å². The fraction of sp³-hybridized carbons (Fsp3) is 0.435. The molecule has 0 amide bonds. The van der Waals surface area contributed by atoms with Crippen LogP contribution in [0.25, 0.3) is 0 Å². The number of ether oxygens (including phenoxy) is 1. The Bertz CT molecular complexity index is 767. The Morgan fingerprint density at radius 3 is 2.79 bits per heavy atom. The van der Waals surface area contributed by atoms with Crippen molar-refractivity contribution in [3.63, 3.8) is 0 Å². The number of likely N-dealkylation sites (tertiary alicyclic amines) is 1. The van der Waals surface area contributed by atoms with Crippen LogP contribution in [0.2, 0.25) is 0 Å². The summed E-state index contributed by atoms with van der Waals surface area (Å²) >= 11 is 1.85. The molecule has 1 saturated heterocycles. The summed E-state index contributed by atoms with van der Waals surface area (Å²) in [6.07, 6.45) is 4.22. The largest absolute Gasteiger partial charge is 0.489 e. The zero-order valence-corrected chi connectivity index (χ0v) is 18.1. The number of thiophene rings is 1. The average Bonchev–Trinajstić information content (AvgIpc) is 3.27. The van der Waals surface area contributed by atoms with Crippen LogP contribution in [-0.2, 0) is 13.1 Å². The molecule has 2 heterocycles. The standard InChI is InChI=1S/C23H32N4OS/c1-3-14-28-22-9-5-4-7-20(22)17-26-23(24-2)25-16-19-10-12-27(13-11-19)18-21-8-6-15-29-21/h3-9,15,19H,1,10-14,16-18H2,2H3,(H2,24,25,26). The molecule has 1 aromatic carbocycles. The van der Waals surface area contributed by atoms with E-state index in [1.54, 1.807) is 6.08 Å². The van der Waals surface area contributed by atoms with E-state index in [1.807, 2.05) is 36.6 Å². The van der Waals surface area contributed by atoms with Crippen molar-refractivity contribution in [3.05, 3.63) is 64.9 Å². The second-order valence-electron chi connectivity index (χ2n) is 7.31. The van der Waals surface area contributed by atoms with E-state index in [-0.39, 0.29) is 0 Å². The normalized spacial score (nSPS) is 15.8. The van der Waals surface area contributed by atoms with Crippen molar-refractivity contribution in [3.8, 4) is 5.75 Å². The van der Waals surface area contributed by atoms with Crippen molar-refractivity contribution < 1.29 is 4.74 Å². The molecule has 0 radical (unpaired) electrons. The Labute approximate surface area is 178 Å². The smallest absolute Gasteiger partial charge is 0.191 e. The number of piperidine rings is 1. The molecule has 3 rings (SSSR count). The van der Waals surface area contributed by atoms with E-state index in [0.717, 1.165) is 30.4 Å². The summed E-state index contributed by atoms with van der Waals surface area (Å²) in [6.45, 7) is 9.29. The summed E-state index contributed by atoms with van der Waals surface area (Å²) in [5.74, 6) is 2.41. The number of hydrogen-bond acceptors (Lipinski definition) is 4. The van der Waals surface area contributed by atoms with Gasteiger partial charge < -0.3 is 15.4 Å². The Kier molecular flexibility index (Phi) is 8.58. The zero-order chi connectivity index (χ0) is 20.3. The highest BCUT2D eigenvalue weighted by Crippen LogP contribution is 2.20. The number of rotatable bonds is 9. The minimum Gasteiger partial charge on any atom is -0.489 e. The molecule has 1 fully saturated rings. The van der Waals surface area contributed by atoms with E-state index in [2.05, 4.69) is 50.7 Å². The Morgan fingerprint density at radius 2 is 2.07 bits per heavy atom. The lowest BCUT2D eigenvalue weighted by atomic mass is 9.97. The zero-order valence-electron chi connectivity index (χ0n) is 17.3. The number of aliphatic imine (C=N–C) groups is 1. The van der Waals surface area contributed by atoms with E-state index >= 15 is 0 Å². The van der Waals surface area contributed by atoms with Crippen molar-refractivity contribution in [2.24, 2.45) is 10.9 Å². The van der Waals surface area contributed by atoms with E-state index < -0.39 is 0 Å². The third kappa shape index (κ3) is 6.91. The van der Waals surface area contributed by atoms with Gasteiger partial charge in [0.05, 0.1) is 0 Å². The van der Waals surface area contributed by atoms with Gasteiger partial charge in [-0.05, 0) is 49.4 Å². The second-order valence-corrected chi connectivity index (χ2v) is 8.35. The Balaban J connectivity index is 1.39. The molecule has 2 aromatic rings. The van der Waals surface area contributed by atoms with Crippen LogP contribution in [0.1, 0.15) is 23.3 Å². The third-order valence-corrected chi connectivity index (χ3v) is 6.09. The van der Waals surface area contributed by atoms with Crippen LogP contribution < -0.4 is 15.4 Å². The first kappa shape index (κ1) is 21.4. The van der Waals surface area contributed by atoms with Crippen LogP contribution in [0.15, 0.2) is 59.4 Å². The van der Waals surface area contributed by atoms with Gasteiger partial charge in [-0.3, -0.25) is 9.89 Å². The van der Waals surface area contributed by atoms with Crippen LogP contribution in [0.5, 0.6) is 5.75 Å². The number of para-hydroxylation sites is 1.